The lowest BCUT2D eigenvalue weighted by molar-refractivity contribution is 0.370. The first-order valence-corrected chi connectivity index (χ1v) is 6.03. The van der Waals surface area contributed by atoms with Gasteiger partial charge in [-0.15, -0.1) is 6.42 Å². The second kappa shape index (κ2) is 5.25. The quantitative estimate of drug-likeness (QED) is 0.806. The summed E-state index contributed by atoms with van der Waals surface area (Å²) in [5, 5.41) is 0.418. The number of aromatic nitrogens is 2. The summed E-state index contributed by atoms with van der Waals surface area (Å²) >= 11 is 6.10. The Labute approximate surface area is 116 Å². The van der Waals surface area contributed by atoms with Gasteiger partial charge in [-0.2, -0.15) is 0 Å². The van der Waals surface area contributed by atoms with Crippen LogP contribution in [0.4, 0.5) is 0 Å². The molecule has 0 saturated heterocycles. The standard InChI is InChI=1S/C14H13ClN2O2/c1-4-7-19-13-6-5-11(8-12(13)15)17-9-10(2)16(3)14(17)18/h1,5-6,8-9H,7H2,2-3H3. The fourth-order valence-corrected chi connectivity index (χ4v) is 1.93. The summed E-state index contributed by atoms with van der Waals surface area (Å²) in [6, 6.07) is 5.14. The van der Waals surface area contributed by atoms with Crippen LogP contribution in [0.15, 0.2) is 29.2 Å². The van der Waals surface area contributed by atoms with Crippen molar-refractivity contribution in [3.05, 3.63) is 45.6 Å². The second-order valence-corrected chi connectivity index (χ2v) is 4.50. The lowest BCUT2D eigenvalue weighted by atomic mass is 10.3. The topological polar surface area (TPSA) is 36.2 Å². The highest BCUT2D eigenvalue weighted by atomic mass is 35.5. The van der Waals surface area contributed by atoms with Gasteiger partial charge in [-0.3, -0.25) is 9.13 Å². The Morgan fingerprint density at radius 2 is 2.21 bits per heavy atom. The zero-order chi connectivity index (χ0) is 14.0. The van der Waals surface area contributed by atoms with Crippen LogP contribution in [0.25, 0.3) is 5.69 Å². The molecule has 2 rings (SSSR count). The summed E-state index contributed by atoms with van der Waals surface area (Å²) < 4.78 is 8.38. The fourth-order valence-electron chi connectivity index (χ4n) is 1.70. The molecule has 0 aliphatic heterocycles. The highest BCUT2D eigenvalue weighted by Gasteiger charge is 2.09. The number of imidazole rings is 1. The van der Waals surface area contributed by atoms with Gasteiger partial charge in [0.15, 0.2) is 0 Å². The number of benzene rings is 1. The molecule has 98 valence electrons. The van der Waals surface area contributed by atoms with Crippen LogP contribution in [0.2, 0.25) is 5.02 Å². The molecule has 0 atom stereocenters. The first-order chi connectivity index (χ1) is 9.04. The third kappa shape index (κ3) is 2.51. The van der Waals surface area contributed by atoms with E-state index in [1.807, 2.05) is 6.92 Å². The molecule has 0 fully saturated rings. The molecular weight excluding hydrogens is 264 g/mol. The zero-order valence-electron chi connectivity index (χ0n) is 10.7. The Morgan fingerprint density at radius 3 is 2.74 bits per heavy atom. The van der Waals surface area contributed by atoms with Gasteiger partial charge < -0.3 is 4.74 Å². The highest BCUT2D eigenvalue weighted by molar-refractivity contribution is 6.32. The lowest BCUT2D eigenvalue weighted by Gasteiger charge is -2.07. The molecule has 0 amide bonds. The third-order valence-corrected chi connectivity index (χ3v) is 3.14. The predicted octanol–water partition coefficient (Wildman–Crippen LogP) is 2.15. The number of ether oxygens (including phenoxy) is 1. The molecule has 2 aromatic rings. The summed E-state index contributed by atoms with van der Waals surface area (Å²) in [5.74, 6) is 2.87. The molecule has 0 spiro atoms. The van der Waals surface area contributed by atoms with E-state index < -0.39 is 0 Å². The maximum Gasteiger partial charge on any atom is 0.332 e. The Bertz CT molecular complexity index is 707. The number of hydrogen-bond acceptors (Lipinski definition) is 2. The molecule has 0 unspecified atom stereocenters. The average molecular weight is 277 g/mol. The van der Waals surface area contributed by atoms with Gasteiger partial charge >= 0.3 is 5.69 Å². The molecule has 19 heavy (non-hydrogen) atoms. The van der Waals surface area contributed by atoms with Gasteiger partial charge in [0.25, 0.3) is 0 Å². The molecule has 1 aromatic heterocycles. The van der Waals surface area contributed by atoms with Crippen molar-refractivity contribution in [1.82, 2.24) is 9.13 Å². The monoisotopic (exact) mass is 276 g/mol. The molecule has 5 heteroatoms. The molecule has 0 bridgehead atoms. The van der Waals surface area contributed by atoms with E-state index in [1.54, 1.807) is 36.0 Å². The van der Waals surface area contributed by atoms with Crippen molar-refractivity contribution >= 4 is 11.6 Å². The van der Waals surface area contributed by atoms with Gasteiger partial charge in [-0.05, 0) is 25.1 Å². The van der Waals surface area contributed by atoms with Crippen LogP contribution in [0.5, 0.6) is 5.75 Å². The first-order valence-electron chi connectivity index (χ1n) is 5.65. The summed E-state index contributed by atoms with van der Waals surface area (Å²) in [5.41, 5.74) is 1.44. The number of halogens is 1. The third-order valence-electron chi connectivity index (χ3n) is 2.84. The van der Waals surface area contributed by atoms with Gasteiger partial charge in [0.2, 0.25) is 0 Å². The maximum absolute atomic E-state index is 12.0. The second-order valence-electron chi connectivity index (χ2n) is 4.09. The molecule has 1 aromatic carbocycles. The van der Waals surface area contributed by atoms with Crippen LogP contribution in [0, 0.1) is 19.3 Å². The van der Waals surface area contributed by atoms with Crippen molar-refractivity contribution in [3.63, 3.8) is 0 Å². The van der Waals surface area contributed by atoms with Gasteiger partial charge in [0.1, 0.15) is 12.4 Å². The fraction of sp³-hybridized carbons (Fsp3) is 0.214. The van der Waals surface area contributed by atoms with Crippen LogP contribution in [0.3, 0.4) is 0 Å². The SMILES string of the molecule is C#CCOc1ccc(-n2cc(C)n(C)c2=O)cc1Cl. The van der Waals surface area contributed by atoms with E-state index in [9.17, 15) is 4.79 Å². The first kappa shape index (κ1) is 13.3. The van der Waals surface area contributed by atoms with Crippen molar-refractivity contribution in [2.45, 2.75) is 6.92 Å². The van der Waals surface area contributed by atoms with E-state index in [0.717, 1.165) is 5.69 Å². The lowest BCUT2D eigenvalue weighted by Crippen LogP contribution is -2.21. The summed E-state index contributed by atoms with van der Waals surface area (Å²) in [6.07, 6.45) is 6.88. The normalized spacial score (nSPS) is 10.2. The van der Waals surface area contributed by atoms with Crippen molar-refractivity contribution in [1.29, 1.82) is 0 Å². The Kier molecular flexibility index (Phi) is 3.68. The van der Waals surface area contributed by atoms with E-state index in [-0.39, 0.29) is 12.3 Å². The molecular formula is C14H13ClN2O2. The number of nitrogens with zero attached hydrogens (tertiary/aromatic N) is 2. The van der Waals surface area contributed by atoms with Crippen LogP contribution in [-0.2, 0) is 7.05 Å². The van der Waals surface area contributed by atoms with E-state index in [4.69, 9.17) is 22.8 Å². The largest absolute Gasteiger partial charge is 0.479 e. The Balaban J connectivity index is 2.42. The van der Waals surface area contributed by atoms with Crippen LogP contribution in [0.1, 0.15) is 5.69 Å². The van der Waals surface area contributed by atoms with E-state index in [2.05, 4.69) is 5.92 Å². The van der Waals surface area contributed by atoms with Gasteiger partial charge in [-0.25, -0.2) is 4.79 Å². The summed E-state index contributed by atoms with van der Waals surface area (Å²) in [4.78, 5) is 12.0. The number of aryl methyl sites for hydroxylation is 1. The molecule has 0 aliphatic rings. The minimum atomic E-state index is -0.120. The maximum atomic E-state index is 12.0. The van der Waals surface area contributed by atoms with E-state index in [1.165, 1.54) is 4.57 Å². The molecule has 1 heterocycles. The van der Waals surface area contributed by atoms with Crippen molar-refractivity contribution in [3.8, 4) is 23.8 Å². The predicted molar refractivity (Wildman–Crippen MR) is 75.1 cm³/mol. The number of rotatable bonds is 3. The molecule has 0 radical (unpaired) electrons. The number of terminal acetylenes is 1. The summed E-state index contributed by atoms with van der Waals surface area (Å²) in [7, 11) is 1.72. The highest BCUT2D eigenvalue weighted by Crippen LogP contribution is 2.26. The van der Waals surface area contributed by atoms with Crippen LogP contribution >= 0.6 is 11.6 Å². The minimum Gasteiger partial charge on any atom is -0.479 e. The van der Waals surface area contributed by atoms with E-state index in [0.29, 0.717) is 16.5 Å². The van der Waals surface area contributed by atoms with Crippen molar-refractivity contribution in [2.75, 3.05) is 6.61 Å². The number of hydrogen-bond donors (Lipinski definition) is 0. The van der Waals surface area contributed by atoms with Crippen LogP contribution < -0.4 is 10.4 Å². The van der Waals surface area contributed by atoms with Crippen molar-refractivity contribution < 1.29 is 4.74 Å². The molecule has 4 nitrogen and oxygen atoms in total. The smallest absolute Gasteiger partial charge is 0.332 e. The van der Waals surface area contributed by atoms with Crippen molar-refractivity contribution in [2.24, 2.45) is 7.05 Å². The van der Waals surface area contributed by atoms with Crippen LogP contribution in [-0.4, -0.2) is 15.7 Å². The van der Waals surface area contributed by atoms with Gasteiger partial charge in [0.05, 0.1) is 10.7 Å². The molecule has 0 saturated carbocycles. The average Bonchev–Trinajstić information content (AvgIpc) is 2.65. The van der Waals surface area contributed by atoms with Gasteiger partial charge in [-0.1, -0.05) is 17.5 Å². The van der Waals surface area contributed by atoms with Gasteiger partial charge in [0, 0.05) is 18.9 Å². The molecule has 0 N–H and O–H groups in total. The van der Waals surface area contributed by atoms with E-state index >= 15 is 0 Å². The summed E-state index contributed by atoms with van der Waals surface area (Å²) in [6.45, 7) is 2.02. The minimum absolute atomic E-state index is 0.120. The zero-order valence-corrected chi connectivity index (χ0v) is 11.4. The Morgan fingerprint density at radius 1 is 1.47 bits per heavy atom. The molecule has 0 aliphatic carbocycles. The Hall–Kier alpha value is -2.12.